The Balaban J connectivity index is 2.79. The first-order chi connectivity index (χ1) is 9.70. The van der Waals surface area contributed by atoms with Gasteiger partial charge in [-0.2, -0.15) is 13.2 Å². The molecule has 0 saturated carbocycles. The van der Waals surface area contributed by atoms with Gasteiger partial charge in [-0.1, -0.05) is 30.3 Å². The van der Waals surface area contributed by atoms with Crippen LogP contribution in [0.2, 0.25) is 0 Å². The second-order valence-corrected chi connectivity index (χ2v) is 4.70. The molecule has 0 saturated heterocycles. The van der Waals surface area contributed by atoms with Crippen LogP contribution in [0.15, 0.2) is 30.3 Å². The van der Waals surface area contributed by atoms with Crippen molar-refractivity contribution < 1.29 is 27.9 Å². The molecule has 1 aromatic rings. The van der Waals surface area contributed by atoms with Crippen molar-refractivity contribution in [1.29, 1.82) is 0 Å². The zero-order valence-electron chi connectivity index (χ0n) is 11.4. The van der Waals surface area contributed by atoms with Crippen molar-refractivity contribution in [3.63, 3.8) is 0 Å². The molecule has 2 atom stereocenters. The molecule has 21 heavy (non-hydrogen) atoms. The van der Waals surface area contributed by atoms with Crippen molar-refractivity contribution in [3.05, 3.63) is 35.9 Å². The summed E-state index contributed by atoms with van der Waals surface area (Å²) >= 11 is 0. The van der Waals surface area contributed by atoms with Crippen molar-refractivity contribution in [2.45, 2.75) is 32.0 Å². The minimum Gasteiger partial charge on any atom is -0.481 e. The van der Waals surface area contributed by atoms with E-state index < -0.39 is 42.9 Å². The van der Waals surface area contributed by atoms with Crippen LogP contribution in [0.5, 0.6) is 0 Å². The molecule has 0 fully saturated rings. The summed E-state index contributed by atoms with van der Waals surface area (Å²) in [6, 6.07) is 7.42. The fourth-order valence-corrected chi connectivity index (χ4v) is 1.80. The molecule has 0 bridgehead atoms. The van der Waals surface area contributed by atoms with Gasteiger partial charge in [-0.3, -0.25) is 9.59 Å². The molecule has 0 heterocycles. The highest BCUT2D eigenvalue weighted by Crippen LogP contribution is 2.24. The van der Waals surface area contributed by atoms with E-state index in [1.165, 1.54) is 6.92 Å². The van der Waals surface area contributed by atoms with Crippen LogP contribution >= 0.6 is 0 Å². The maximum absolute atomic E-state index is 12.1. The average molecular weight is 303 g/mol. The maximum atomic E-state index is 12.1. The van der Waals surface area contributed by atoms with Gasteiger partial charge in [0.25, 0.3) is 0 Å². The number of aliphatic carboxylic acids is 1. The second kappa shape index (κ2) is 7.10. The number of carboxylic acids is 1. The van der Waals surface area contributed by atoms with Gasteiger partial charge < -0.3 is 10.4 Å². The second-order valence-electron chi connectivity index (χ2n) is 4.70. The number of carboxylic acid groups (broad SMARTS) is 1. The molecule has 0 spiro atoms. The normalized spacial score (nSPS) is 14.3. The minimum absolute atomic E-state index is 0.535. The summed E-state index contributed by atoms with van der Waals surface area (Å²) in [6.45, 7) is 1.39. The molecule has 1 rings (SSSR count). The Morgan fingerprint density at radius 1 is 1.24 bits per heavy atom. The van der Waals surface area contributed by atoms with Crippen LogP contribution in [0.4, 0.5) is 13.2 Å². The zero-order valence-corrected chi connectivity index (χ0v) is 11.4. The van der Waals surface area contributed by atoms with E-state index in [9.17, 15) is 22.8 Å². The topological polar surface area (TPSA) is 66.4 Å². The summed E-state index contributed by atoms with van der Waals surface area (Å²) in [7, 11) is 0. The van der Waals surface area contributed by atoms with Crippen LogP contribution in [-0.2, 0) is 9.59 Å². The number of amides is 1. The molecule has 1 amide bonds. The fraction of sp³-hybridized carbons (Fsp3) is 0.429. The Morgan fingerprint density at radius 3 is 2.29 bits per heavy atom. The molecule has 1 aromatic carbocycles. The number of hydrogen-bond donors (Lipinski definition) is 2. The third-order valence-electron chi connectivity index (χ3n) is 3.00. The highest BCUT2D eigenvalue weighted by atomic mass is 19.4. The highest BCUT2D eigenvalue weighted by molar-refractivity contribution is 5.78. The third kappa shape index (κ3) is 5.85. The Bertz CT molecular complexity index is 488. The highest BCUT2D eigenvalue weighted by Gasteiger charge is 2.30. The third-order valence-corrected chi connectivity index (χ3v) is 3.00. The standard InChI is InChI=1S/C14H16F3NO3/c1-9(13(20)21)12(10-5-3-2-4-6-10)18-11(19)7-8-14(15,16)17/h2-6,9,12H,7-8H2,1H3,(H,18,19)(H,20,21)/t9-,12+/m1/s1. The summed E-state index contributed by atoms with van der Waals surface area (Å²) in [4.78, 5) is 22.7. The maximum Gasteiger partial charge on any atom is 0.389 e. The minimum atomic E-state index is -4.42. The van der Waals surface area contributed by atoms with Gasteiger partial charge >= 0.3 is 12.1 Å². The largest absolute Gasteiger partial charge is 0.481 e. The molecule has 116 valence electrons. The predicted octanol–water partition coefficient (Wildman–Crippen LogP) is 2.91. The van der Waals surface area contributed by atoms with E-state index in [4.69, 9.17) is 5.11 Å². The molecule has 4 nitrogen and oxygen atoms in total. The number of hydrogen-bond acceptors (Lipinski definition) is 2. The predicted molar refractivity (Wildman–Crippen MR) is 69.4 cm³/mol. The van der Waals surface area contributed by atoms with E-state index in [-0.39, 0.29) is 0 Å². The van der Waals surface area contributed by atoms with Crippen molar-refractivity contribution in [1.82, 2.24) is 5.32 Å². The Kier molecular flexibility index (Phi) is 5.75. The van der Waals surface area contributed by atoms with E-state index in [0.717, 1.165) is 0 Å². The van der Waals surface area contributed by atoms with E-state index in [1.54, 1.807) is 30.3 Å². The van der Waals surface area contributed by atoms with Gasteiger partial charge in [0, 0.05) is 6.42 Å². The number of alkyl halides is 3. The van der Waals surface area contributed by atoms with Crippen LogP contribution in [-0.4, -0.2) is 23.2 Å². The van der Waals surface area contributed by atoms with Gasteiger partial charge in [0.2, 0.25) is 5.91 Å². The van der Waals surface area contributed by atoms with Crippen molar-refractivity contribution in [2.24, 2.45) is 5.92 Å². The molecule has 2 N–H and O–H groups in total. The van der Waals surface area contributed by atoms with Gasteiger partial charge in [-0.25, -0.2) is 0 Å². The molecule has 0 aliphatic heterocycles. The van der Waals surface area contributed by atoms with Crippen molar-refractivity contribution in [2.75, 3.05) is 0 Å². The van der Waals surface area contributed by atoms with E-state index in [0.29, 0.717) is 5.56 Å². The molecule has 7 heteroatoms. The van der Waals surface area contributed by atoms with Crippen LogP contribution in [0.1, 0.15) is 31.4 Å². The van der Waals surface area contributed by atoms with Crippen LogP contribution in [0.25, 0.3) is 0 Å². The lowest BCUT2D eigenvalue weighted by Gasteiger charge is -2.23. The molecular weight excluding hydrogens is 287 g/mol. The Morgan fingerprint density at radius 2 is 1.81 bits per heavy atom. The van der Waals surface area contributed by atoms with Crippen LogP contribution in [0.3, 0.4) is 0 Å². The average Bonchev–Trinajstić information content (AvgIpc) is 2.42. The van der Waals surface area contributed by atoms with Crippen LogP contribution < -0.4 is 5.32 Å². The van der Waals surface area contributed by atoms with Gasteiger partial charge in [-0.05, 0) is 12.5 Å². The number of rotatable bonds is 6. The number of benzene rings is 1. The molecule has 0 aliphatic rings. The first kappa shape index (κ1) is 17.0. The van der Waals surface area contributed by atoms with Gasteiger partial charge in [0.05, 0.1) is 18.4 Å². The summed E-state index contributed by atoms with van der Waals surface area (Å²) in [6.07, 6.45) is -6.38. The van der Waals surface area contributed by atoms with Gasteiger partial charge in [0.1, 0.15) is 0 Å². The van der Waals surface area contributed by atoms with Gasteiger partial charge in [-0.15, -0.1) is 0 Å². The number of carbonyl (C=O) groups is 2. The zero-order chi connectivity index (χ0) is 16.0. The molecule has 0 aromatic heterocycles. The van der Waals surface area contributed by atoms with Gasteiger partial charge in [0.15, 0.2) is 0 Å². The SMILES string of the molecule is C[C@@H](C(=O)O)[C@H](NC(=O)CCC(F)(F)F)c1ccccc1. The lowest BCUT2D eigenvalue weighted by atomic mass is 9.94. The number of carbonyl (C=O) groups excluding carboxylic acids is 1. The monoisotopic (exact) mass is 303 g/mol. The summed E-state index contributed by atoms with van der Waals surface area (Å²) in [5, 5.41) is 11.4. The molecule has 0 unspecified atom stereocenters. The molecular formula is C14H16F3NO3. The lowest BCUT2D eigenvalue weighted by Crippen LogP contribution is -2.36. The quantitative estimate of drug-likeness (QED) is 0.849. The lowest BCUT2D eigenvalue weighted by molar-refractivity contribution is -0.146. The van der Waals surface area contributed by atoms with E-state index in [1.807, 2.05) is 0 Å². The first-order valence-corrected chi connectivity index (χ1v) is 6.34. The molecule has 0 radical (unpaired) electrons. The van der Waals surface area contributed by atoms with E-state index >= 15 is 0 Å². The van der Waals surface area contributed by atoms with Crippen molar-refractivity contribution in [3.8, 4) is 0 Å². The summed E-state index contributed by atoms with van der Waals surface area (Å²) < 4.78 is 36.3. The van der Waals surface area contributed by atoms with E-state index in [2.05, 4.69) is 5.32 Å². The Hall–Kier alpha value is -2.05. The summed E-state index contributed by atoms with van der Waals surface area (Å²) in [5.74, 6) is -2.92. The molecule has 0 aliphatic carbocycles. The van der Waals surface area contributed by atoms with Crippen molar-refractivity contribution >= 4 is 11.9 Å². The number of halogens is 3. The summed E-state index contributed by atoms with van der Waals surface area (Å²) in [5.41, 5.74) is 0.535. The van der Waals surface area contributed by atoms with Crippen LogP contribution in [0, 0.1) is 5.92 Å². The fourth-order valence-electron chi connectivity index (χ4n) is 1.80. The Labute approximate surface area is 120 Å². The first-order valence-electron chi connectivity index (χ1n) is 6.34. The number of nitrogens with one attached hydrogen (secondary N) is 1. The smallest absolute Gasteiger partial charge is 0.389 e.